The molecule has 0 saturated heterocycles. The summed E-state index contributed by atoms with van der Waals surface area (Å²) < 4.78 is 112. The molecule has 0 spiro atoms. The molecule has 0 saturated carbocycles. The van der Waals surface area contributed by atoms with Crippen molar-refractivity contribution in [3.63, 3.8) is 0 Å². The topological polar surface area (TPSA) is 96.8 Å². The smallest absolute Gasteiger partial charge is 0.384 e. The van der Waals surface area contributed by atoms with E-state index in [0.29, 0.717) is 5.56 Å². The first-order valence-corrected chi connectivity index (χ1v) is 14.5. The van der Waals surface area contributed by atoms with Gasteiger partial charge in [0.25, 0.3) is 5.91 Å². The molecule has 4 rings (SSSR count). The maximum absolute atomic E-state index is 15.5. The van der Waals surface area contributed by atoms with Crippen LogP contribution in [0.5, 0.6) is 0 Å². The summed E-state index contributed by atoms with van der Waals surface area (Å²) in [6.45, 7) is 0.637. The fraction of sp³-hybridized carbons (Fsp3) is 0.310. The summed E-state index contributed by atoms with van der Waals surface area (Å²) >= 11 is 0. The quantitative estimate of drug-likeness (QED) is 0.321. The van der Waals surface area contributed by atoms with Gasteiger partial charge in [0.1, 0.15) is 18.0 Å². The number of nitrogens with zero attached hydrogens (tertiary/aromatic N) is 2. The summed E-state index contributed by atoms with van der Waals surface area (Å²) in [7, 11) is -3.75. The number of rotatable bonds is 9. The predicted molar refractivity (Wildman–Crippen MR) is 143 cm³/mol. The van der Waals surface area contributed by atoms with E-state index >= 15 is 4.39 Å². The third-order valence-electron chi connectivity index (χ3n) is 6.57. The third-order valence-corrected chi connectivity index (χ3v) is 7.95. The summed E-state index contributed by atoms with van der Waals surface area (Å²) in [6.07, 6.45) is -4.56. The van der Waals surface area contributed by atoms with E-state index in [1.54, 1.807) is 0 Å². The average molecular weight is 629 g/mol. The van der Waals surface area contributed by atoms with E-state index in [4.69, 9.17) is 4.74 Å². The van der Waals surface area contributed by atoms with Crippen LogP contribution in [0.2, 0.25) is 0 Å². The molecule has 0 bridgehead atoms. The molecule has 230 valence electrons. The van der Waals surface area contributed by atoms with Crippen molar-refractivity contribution in [3.8, 4) is 11.1 Å². The van der Waals surface area contributed by atoms with Crippen LogP contribution in [0.15, 0.2) is 66.2 Å². The highest BCUT2D eigenvalue weighted by molar-refractivity contribution is 7.94. The normalized spacial score (nSPS) is 17.2. The number of aliphatic hydroxyl groups is 1. The monoisotopic (exact) mass is 628 g/mol. The molecule has 2 atom stereocenters. The lowest BCUT2D eigenvalue weighted by atomic mass is 9.99. The van der Waals surface area contributed by atoms with Gasteiger partial charge in [-0.3, -0.25) is 9.78 Å². The van der Waals surface area contributed by atoms with Gasteiger partial charge in [-0.1, -0.05) is 18.2 Å². The molecule has 0 aliphatic carbocycles. The average Bonchev–Trinajstić information content (AvgIpc) is 3.27. The summed E-state index contributed by atoms with van der Waals surface area (Å²) in [6, 6.07) is 7.58. The highest BCUT2D eigenvalue weighted by atomic mass is 32.2. The van der Waals surface area contributed by atoms with Gasteiger partial charge in [-0.15, -0.1) is 0 Å². The summed E-state index contributed by atoms with van der Waals surface area (Å²) in [4.78, 5) is 18.9. The number of pyridine rings is 1. The van der Waals surface area contributed by atoms with Gasteiger partial charge in [0, 0.05) is 23.7 Å². The molecule has 2 aromatic carbocycles. The molecule has 0 fully saturated rings. The van der Waals surface area contributed by atoms with E-state index < -0.39 is 75.0 Å². The summed E-state index contributed by atoms with van der Waals surface area (Å²) in [5, 5.41) is 11.2. The van der Waals surface area contributed by atoms with Gasteiger partial charge in [0.2, 0.25) is 0 Å². The molecular formula is C29H26F6N2O5S. The molecular weight excluding hydrogens is 602 g/mol. The molecule has 2 heterocycles. The van der Waals surface area contributed by atoms with Gasteiger partial charge < -0.3 is 14.7 Å². The minimum absolute atomic E-state index is 0.0415. The van der Waals surface area contributed by atoms with Crippen molar-refractivity contribution in [1.82, 2.24) is 9.88 Å². The largest absolute Gasteiger partial charge is 0.411 e. The number of ether oxygens (including phenoxy) is 1. The van der Waals surface area contributed by atoms with E-state index in [2.05, 4.69) is 4.98 Å². The SMILES string of the molecule is CC(C)(O)c1cc(CN(C(=O)C(OCC(F)(F)F)c2ccc(-c3ccc(F)c(F)c3)cc2F)[C@@H]2C=CS(=O)(=O)C2)ccn1. The number of alkyl halides is 3. The van der Waals surface area contributed by atoms with Crippen LogP contribution in [0.4, 0.5) is 26.3 Å². The number of halogens is 6. The second-order valence-corrected chi connectivity index (χ2v) is 12.4. The number of sulfone groups is 1. The maximum Gasteiger partial charge on any atom is 0.411 e. The molecule has 0 radical (unpaired) electrons. The van der Waals surface area contributed by atoms with Crippen molar-refractivity contribution in [2.75, 3.05) is 12.4 Å². The van der Waals surface area contributed by atoms with Crippen LogP contribution in [-0.2, 0) is 31.5 Å². The molecule has 7 nitrogen and oxygen atoms in total. The van der Waals surface area contributed by atoms with Crippen LogP contribution in [0.3, 0.4) is 0 Å². The Labute approximate surface area is 243 Å². The Morgan fingerprint density at radius 3 is 2.23 bits per heavy atom. The molecule has 1 aromatic heterocycles. The molecule has 14 heteroatoms. The van der Waals surface area contributed by atoms with E-state index in [1.807, 2.05) is 0 Å². The van der Waals surface area contributed by atoms with Crippen molar-refractivity contribution in [2.45, 2.75) is 44.3 Å². The number of amides is 1. The van der Waals surface area contributed by atoms with E-state index in [0.717, 1.165) is 34.6 Å². The van der Waals surface area contributed by atoms with Gasteiger partial charge in [-0.2, -0.15) is 13.2 Å². The Hall–Kier alpha value is -3.75. The van der Waals surface area contributed by atoms with Gasteiger partial charge in [0.05, 0.1) is 17.5 Å². The molecule has 1 unspecified atom stereocenters. The van der Waals surface area contributed by atoms with Crippen molar-refractivity contribution < 1.29 is 49.4 Å². The number of hydrogen-bond acceptors (Lipinski definition) is 6. The van der Waals surface area contributed by atoms with Gasteiger partial charge in [0.15, 0.2) is 27.6 Å². The van der Waals surface area contributed by atoms with Crippen LogP contribution in [0.25, 0.3) is 11.1 Å². The highest BCUT2D eigenvalue weighted by Crippen LogP contribution is 2.32. The Morgan fingerprint density at radius 1 is 1.02 bits per heavy atom. The zero-order valence-corrected chi connectivity index (χ0v) is 23.6. The first-order chi connectivity index (χ1) is 19.9. The fourth-order valence-corrected chi connectivity index (χ4v) is 5.73. The van der Waals surface area contributed by atoms with Crippen LogP contribution in [-0.4, -0.2) is 53.9 Å². The van der Waals surface area contributed by atoms with E-state index in [9.17, 15) is 40.3 Å². The van der Waals surface area contributed by atoms with Crippen molar-refractivity contribution in [3.05, 3.63) is 100 Å². The number of carbonyl (C=O) groups is 1. The second kappa shape index (κ2) is 12.1. The minimum atomic E-state index is -4.91. The van der Waals surface area contributed by atoms with Gasteiger partial charge in [-0.05, 0) is 66.9 Å². The van der Waals surface area contributed by atoms with Crippen LogP contribution < -0.4 is 0 Å². The van der Waals surface area contributed by atoms with Gasteiger partial charge in [-0.25, -0.2) is 21.6 Å². The van der Waals surface area contributed by atoms with E-state index in [1.165, 1.54) is 50.4 Å². The lowest BCUT2D eigenvalue weighted by molar-refractivity contribution is -0.192. The Bertz CT molecular complexity index is 1650. The minimum Gasteiger partial charge on any atom is -0.384 e. The highest BCUT2D eigenvalue weighted by Gasteiger charge is 2.39. The van der Waals surface area contributed by atoms with Crippen molar-refractivity contribution >= 4 is 15.7 Å². The lowest BCUT2D eigenvalue weighted by Gasteiger charge is -2.32. The molecule has 1 aliphatic rings. The number of aromatic nitrogens is 1. The third kappa shape index (κ3) is 8.00. The molecule has 43 heavy (non-hydrogen) atoms. The number of benzene rings is 2. The Morgan fingerprint density at radius 2 is 1.67 bits per heavy atom. The molecule has 3 aromatic rings. The Kier molecular flexibility index (Phi) is 9.05. The predicted octanol–water partition coefficient (Wildman–Crippen LogP) is 5.35. The second-order valence-electron chi connectivity index (χ2n) is 10.5. The van der Waals surface area contributed by atoms with Crippen LogP contribution in [0, 0.1) is 17.5 Å². The van der Waals surface area contributed by atoms with Crippen molar-refractivity contribution in [2.24, 2.45) is 0 Å². The first kappa shape index (κ1) is 32.2. The maximum atomic E-state index is 15.5. The first-order valence-electron chi connectivity index (χ1n) is 12.8. The molecule has 1 amide bonds. The molecule has 1 aliphatic heterocycles. The molecule has 1 N–H and O–H groups in total. The zero-order valence-electron chi connectivity index (χ0n) is 22.8. The zero-order chi connectivity index (χ0) is 31.7. The van der Waals surface area contributed by atoms with Gasteiger partial charge >= 0.3 is 6.18 Å². The van der Waals surface area contributed by atoms with E-state index in [-0.39, 0.29) is 23.4 Å². The van der Waals surface area contributed by atoms with Crippen LogP contribution >= 0.6 is 0 Å². The lowest BCUT2D eigenvalue weighted by Crippen LogP contribution is -2.44. The van der Waals surface area contributed by atoms with Crippen molar-refractivity contribution in [1.29, 1.82) is 0 Å². The summed E-state index contributed by atoms with van der Waals surface area (Å²) in [5.41, 5.74) is -1.33. The fourth-order valence-electron chi connectivity index (χ4n) is 4.43. The Balaban J connectivity index is 1.75. The van der Waals surface area contributed by atoms with Crippen LogP contribution in [0.1, 0.15) is 36.8 Å². The standard InChI is InChI=1S/C29H26F6N2O5S/c1-28(2,39)25-11-17(7-9-36-25)14-37(20-8-10-43(40,41)15-20)27(38)26(42-16-29(33,34)35)21-5-3-18(12-23(21)31)19-4-6-22(30)24(32)13-19/h3-13,20,26,39H,14-16H2,1-2H3/t20-,26?/m1/s1. The number of hydrogen-bond donors (Lipinski definition) is 1. The number of carbonyl (C=O) groups excluding carboxylic acids is 1. The summed E-state index contributed by atoms with van der Waals surface area (Å²) in [5.74, 6) is -5.27.